The van der Waals surface area contributed by atoms with E-state index in [4.69, 9.17) is 4.74 Å². The second-order valence-corrected chi connectivity index (χ2v) is 8.60. The van der Waals surface area contributed by atoms with Gasteiger partial charge in [-0.2, -0.15) is 0 Å². The molecule has 3 aromatic rings. The number of aryl methyl sites for hydroxylation is 1. The van der Waals surface area contributed by atoms with Gasteiger partial charge in [0.25, 0.3) is 0 Å². The van der Waals surface area contributed by atoms with Crippen molar-refractivity contribution in [3.63, 3.8) is 0 Å². The van der Waals surface area contributed by atoms with E-state index in [2.05, 4.69) is 29.8 Å². The molecule has 1 aliphatic rings. The summed E-state index contributed by atoms with van der Waals surface area (Å²) in [5.74, 6) is 0. The van der Waals surface area contributed by atoms with Crippen LogP contribution < -0.4 is 4.72 Å². The summed E-state index contributed by atoms with van der Waals surface area (Å²) in [6.07, 6.45) is 1.69. The average Bonchev–Trinajstić information content (AvgIpc) is 2.71. The minimum Gasteiger partial charge on any atom is -0.376 e. The van der Waals surface area contributed by atoms with Gasteiger partial charge in [0, 0.05) is 6.54 Å². The number of nitrogens with one attached hydrogen (secondary N) is 1. The van der Waals surface area contributed by atoms with Gasteiger partial charge in [0.05, 0.1) is 18.1 Å². The third-order valence-corrected chi connectivity index (χ3v) is 6.62. The molecule has 0 bridgehead atoms. The highest BCUT2D eigenvalue weighted by atomic mass is 32.2. The fourth-order valence-corrected chi connectivity index (χ4v) is 4.73. The lowest BCUT2D eigenvalue weighted by Crippen LogP contribution is -2.24. The lowest BCUT2D eigenvalue weighted by molar-refractivity contribution is 0.110. The van der Waals surface area contributed by atoms with E-state index in [-0.39, 0.29) is 6.54 Å². The minimum atomic E-state index is -3.59. The van der Waals surface area contributed by atoms with Crippen LogP contribution in [0.3, 0.4) is 0 Å². The maximum absolute atomic E-state index is 12.9. The highest BCUT2D eigenvalue weighted by molar-refractivity contribution is 7.89. The molecule has 1 N–H and O–H groups in total. The minimum absolute atomic E-state index is 0.278. The Morgan fingerprint density at radius 3 is 2.74 bits per heavy atom. The zero-order chi connectivity index (χ0) is 18.9. The third-order valence-electron chi connectivity index (χ3n) is 5.22. The van der Waals surface area contributed by atoms with Crippen LogP contribution in [0, 0.1) is 0 Å². The lowest BCUT2D eigenvalue weighted by atomic mass is 9.97. The standard InChI is InChI=1S/C22H23NO3S/c1-2-16-7-8-18-5-3-4-6-21(18)22(16)14-23-27(24,25)20-10-9-17-11-12-26-15-19(17)13-20/h3-10,13,23H,2,11-12,14-15H2,1H3. The van der Waals surface area contributed by atoms with Crippen molar-refractivity contribution >= 4 is 20.8 Å². The van der Waals surface area contributed by atoms with Crippen LogP contribution in [0.25, 0.3) is 10.8 Å². The first-order valence-electron chi connectivity index (χ1n) is 9.27. The molecule has 0 unspecified atom stereocenters. The molecule has 27 heavy (non-hydrogen) atoms. The Labute approximate surface area is 160 Å². The first-order chi connectivity index (χ1) is 13.1. The number of benzene rings is 3. The molecule has 0 atom stereocenters. The zero-order valence-electron chi connectivity index (χ0n) is 15.4. The SMILES string of the molecule is CCc1ccc2ccccc2c1CNS(=O)(=O)c1ccc2c(c1)COCC2. The monoisotopic (exact) mass is 381 g/mol. The van der Waals surface area contributed by atoms with E-state index < -0.39 is 10.0 Å². The molecule has 1 heterocycles. The molecule has 0 amide bonds. The highest BCUT2D eigenvalue weighted by Crippen LogP contribution is 2.25. The molecule has 0 saturated carbocycles. The van der Waals surface area contributed by atoms with Gasteiger partial charge in [-0.05, 0) is 58.0 Å². The molecule has 140 valence electrons. The van der Waals surface area contributed by atoms with Gasteiger partial charge in [-0.15, -0.1) is 0 Å². The summed E-state index contributed by atoms with van der Waals surface area (Å²) in [6.45, 7) is 3.53. The maximum atomic E-state index is 12.9. The predicted molar refractivity (Wildman–Crippen MR) is 107 cm³/mol. The van der Waals surface area contributed by atoms with Gasteiger partial charge in [0.1, 0.15) is 0 Å². The molecular weight excluding hydrogens is 358 g/mol. The van der Waals surface area contributed by atoms with Crippen molar-refractivity contribution in [1.29, 1.82) is 0 Å². The Balaban J connectivity index is 1.64. The van der Waals surface area contributed by atoms with E-state index >= 15 is 0 Å². The highest BCUT2D eigenvalue weighted by Gasteiger charge is 2.18. The summed E-state index contributed by atoms with van der Waals surface area (Å²) in [5, 5.41) is 2.22. The summed E-state index contributed by atoms with van der Waals surface area (Å²) in [4.78, 5) is 0.296. The first-order valence-corrected chi connectivity index (χ1v) is 10.8. The molecule has 1 aliphatic heterocycles. The Bertz CT molecular complexity index is 1090. The summed E-state index contributed by atoms with van der Waals surface area (Å²) < 4.78 is 34.0. The van der Waals surface area contributed by atoms with Gasteiger partial charge >= 0.3 is 0 Å². The Kier molecular flexibility index (Phi) is 5.00. The fraction of sp³-hybridized carbons (Fsp3) is 0.273. The van der Waals surface area contributed by atoms with Gasteiger partial charge < -0.3 is 4.74 Å². The summed E-state index contributed by atoms with van der Waals surface area (Å²) >= 11 is 0. The van der Waals surface area contributed by atoms with E-state index in [1.807, 2.05) is 24.3 Å². The molecule has 3 aromatic carbocycles. The first kappa shape index (κ1) is 18.2. The van der Waals surface area contributed by atoms with Crippen LogP contribution in [0.1, 0.15) is 29.2 Å². The Morgan fingerprint density at radius 2 is 1.89 bits per heavy atom. The molecule has 0 saturated heterocycles. The zero-order valence-corrected chi connectivity index (χ0v) is 16.2. The molecule has 5 heteroatoms. The normalized spacial score (nSPS) is 14.3. The number of hydrogen-bond acceptors (Lipinski definition) is 3. The van der Waals surface area contributed by atoms with Gasteiger partial charge in [0.15, 0.2) is 0 Å². The van der Waals surface area contributed by atoms with Crippen LogP contribution in [-0.4, -0.2) is 15.0 Å². The number of fused-ring (bicyclic) bond motifs is 2. The van der Waals surface area contributed by atoms with Crippen molar-refractivity contribution in [2.75, 3.05) is 6.61 Å². The molecule has 4 rings (SSSR count). The molecule has 4 nitrogen and oxygen atoms in total. The van der Waals surface area contributed by atoms with E-state index in [1.54, 1.807) is 12.1 Å². The molecule has 0 radical (unpaired) electrons. The molecular formula is C22H23NO3S. The Hall–Kier alpha value is -2.21. The van der Waals surface area contributed by atoms with Crippen molar-refractivity contribution < 1.29 is 13.2 Å². The van der Waals surface area contributed by atoms with Gasteiger partial charge in [-0.1, -0.05) is 49.4 Å². The largest absolute Gasteiger partial charge is 0.376 e. The topological polar surface area (TPSA) is 55.4 Å². The van der Waals surface area contributed by atoms with E-state index in [0.29, 0.717) is 18.1 Å². The lowest BCUT2D eigenvalue weighted by Gasteiger charge is -2.18. The molecule has 0 fully saturated rings. The quantitative estimate of drug-likeness (QED) is 0.728. The molecule has 0 aromatic heterocycles. The van der Waals surface area contributed by atoms with Crippen LogP contribution in [0.2, 0.25) is 0 Å². The number of rotatable bonds is 5. The van der Waals surface area contributed by atoms with Crippen LogP contribution in [0.15, 0.2) is 59.5 Å². The third kappa shape index (κ3) is 3.63. The second-order valence-electron chi connectivity index (χ2n) is 6.84. The van der Waals surface area contributed by atoms with Crippen molar-refractivity contribution in [3.05, 3.63) is 76.9 Å². The van der Waals surface area contributed by atoms with Crippen LogP contribution in [-0.2, 0) is 40.8 Å². The van der Waals surface area contributed by atoms with E-state index in [9.17, 15) is 8.42 Å². The van der Waals surface area contributed by atoms with Crippen LogP contribution in [0.5, 0.6) is 0 Å². The summed E-state index contributed by atoms with van der Waals surface area (Å²) in [5.41, 5.74) is 4.33. The number of hydrogen-bond donors (Lipinski definition) is 1. The number of ether oxygens (including phenoxy) is 1. The molecule has 0 spiro atoms. The van der Waals surface area contributed by atoms with Gasteiger partial charge in [0.2, 0.25) is 10.0 Å². The second kappa shape index (κ2) is 7.43. The van der Waals surface area contributed by atoms with Crippen LogP contribution >= 0.6 is 0 Å². The molecule has 0 aliphatic carbocycles. The Morgan fingerprint density at radius 1 is 1.04 bits per heavy atom. The van der Waals surface area contributed by atoms with Gasteiger partial charge in [-0.3, -0.25) is 0 Å². The average molecular weight is 381 g/mol. The van der Waals surface area contributed by atoms with Gasteiger partial charge in [-0.25, -0.2) is 13.1 Å². The van der Waals surface area contributed by atoms with Crippen molar-refractivity contribution in [3.8, 4) is 0 Å². The fourth-order valence-electron chi connectivity index (χ4n) is 3.68. The van der Waals surface area contributed by atoms with Crippen molar-refractivity contribution in [2.45, 2.75) is 37.8 Å². The van der Waals surface area contributed by atoms with E-state index in [0.717, 1.165) is 40.3 Å². The van der Waals surface area contributed by atoms with Crippen LogP contribution in [0.4, 0.5) is 0 Å². The summed E-state index contributed by atoms with van der Waals surface area (Å²) in [7, 11) is -3.59. The maximum Gasteiger partial charge on any atom is 0.240 e. The predicted octanol–water partition coefficient (Wildman–Crippen LogP) is 3.95. The van der Waals surface area contributed by atoms with Crippen molar-refractivity contribution in [2.24, 2.45) is 0 Å². The summed E-state index contributed by atoms with van der Waals surface area (Å²) in [6, 6.07) is 17.6. The smallest absolute Gasteiger partial charge is 0.240 e. The number of sulfonamides is 1. The van der Waals surface area contributed by atoms with E-state index in [1.165, 1.54) is 5.56 Å². The van der Waals surface area contributed by atoms with Crippen molar-refractivity contribution in [1.82, 2.24) is 4.72 Å².